The minimum atomic E-state index is -0.372. The molecule has 6 nitrogen and oxygen atoms in total. The zero-order valence-electron chi connectivity index (χ0n) is 13.2. The minimum absolute atomic E-state index is 0.176. The zero-order valence-corrected chi connectivity index (χ0v) is 13.2. The smallest absolute Gasteiger partial charge is 0.338 e. The molecule has 0 amide bonds. The molecule has 0 radical (unpaired) electrons. The van der Waals surface area contributed by atoms with Gasteiger partial charge in [0, 0.05) is 5.92 Å². The number of rotatable bonds is 5. The number of ether oxygens (including phenoxy) is 1. The van der Waals surface area contributed by atoms with Gasteiger partial charge in [-0.15, -0.1) is 5.10 Å². The summed E-state index contributed by atoms with van der Waals surface area (Å²) in [5.74, 6) is -0.0701. The van der Waals surface area contributed by atoms with Crippen LogP contribution < -0.4 is 0 Å². The molecule has 120 valence electrons. The number of benzene rings is 1. The van der Waals surface area contributed by atoms with Crippen LogP contribution in [0.5, 0.6) is 0 Å². The maximum atomic E-state index is 12.1. The van der Waals surface area contributed by atoms with Crippen molar-refractivity contribution in [2.24, 2.45) is 0 Å². The van der Waals surface area contributed by atoms with E-state index >= 15 is 0 Å². The molecule has 1 aromatic carbocycles. The van der Waals surface area contributed by atoms with E-state index in [2.05, 4.69) is 10.3 Å². The standard InChI is InChI=1S/C17H19N3O3/c1-11(2)23-17(22)13-7-4-8-14(9-13)20-16(12-5-3-6-12)15(10-21)18-19-20/h4,7-12H,3,5-6H2,1-2H3. The third kappa shape index (κ3) is 3.02. The molecular weight excluding hydrogens is 294 g/mol. The molecule has 1 aliphatic carbocycles. The van der Waals surface area contributed by atoms with Crippen molar-refractivity contribution in [1.29, 1.82) is 0 Å². The molecule has 3 rings (SSSR count). The average molecular weight is 313 g/mol. The number of carbonyl (C=O) groups is 2. The highest BCUT2D eigenvalue weighted by Crippen LogP contribution is 2.38. The molecule has 1 fully saturated rings. The maximum absolute atomic E-state index is 12.1. The van der Waals surface area contributed by atoms with E-state index in [1.54, 1.807) is 22.9 Å². The van der Waals surface area contributed by atoms with Crippen LogP contribution in [0.25, 0.3) is 5.69 Å². The van der Waals surface area contributed by atoms with Crippen molar-refractivity contribution in [3.05, 3.63) is 41.2 Å². The van der Waals surface area contributed by atoms with Gasteiger partial charge in [-0.2, -0.15) is 0 Å². The molecule has 1 saturated carbocycles. The monoisotopic (exact) mass is 313 g/mol. The topological polar surface area (TPSA) is 74.1 Å². The molecule has 0 atom stereocenters. The van der Waals surface area contributed by atoms with Crippen LogP contribution >= 0.6 is 0 Å². The Balaban J connectivity index is 1.97. The summed E-state index contributed by atoms with van der Waals surface area (Å²) in [6.07, 6.45) is 3.78. The highest BCUT2D eigenvalue weighted by Gasteiger charge is 2.28. The first kappa shape index (κ1) is 15.4. The second-order valence-corrected chi connectivity index (χ2v) is 6.02. The summed E-state index contributed by atoms with van der Waals surface area (Å²) in [5.41, 5.74) is 2.38. The van der Waals surface area contributed by atoms with Crippen molar-refractivity contribution in [2.45, 2.75) is 45.1 Å². The Bertz CT molecular complexity index is 732. The van der Waals surface area contributed by atoms with Gasteiger partial charge in [-0.1, -0.05) is 17.7 Å². The van der Waals surface area contributed by atoms with E-state index in [4.69, 9.17) is 4.74 Å². The van der Waals surface area contributed by atoms with Crippen LogP contribution in [0.2, 0.25) is 0 Å². The minimum Gasteiger partial charge on any atom is -0.459 e. The third-order valence-corrected chi connectivity index (χ3v) is 4.01. The average Bonchev–Trinajstić information content (AvgIpc) is 2.88. The number of aldehydes is 1. The van der Waals surface area contributed by atoms with Gasteiger partial charge in [0.1, 0.15) is 5.69 Å². The van der Waals surface area contributed by atoms with Crippen LogP contribution in [0, 0.1) is 0 Å². The van der Waals surface area contributed by atoms with Crippen molar-refractivity contribution < 1.29 is 14.3 Å². The van der Waals surface area contributed by atoms with Gasteiger partial charge in [0.2, 0.25) is 0 Å². The summed E-state index contributed by atoms with van der Waals surface area (Å²) in [4.78, 5) is 23.3. The van der Waals surface area contributed by atoms with Crippen LogP contribution in [0.15, 0.2) is 24.3 Å². The Morgan fingerprint density at radius 1 is 1.39 bits per heavy atom. The van der Waals surface area contributed by atoms with E-state index in [0.29, 0.717) is 22.9 Å². The molecule has 0 unspecified atom stereocenters. The van der Waals surface area contributed by atoms with Gasteiger partial charge in [0.05, 0.1) is 23.0 Å². The highest BCUT2D eigenvalue weighted by molar-refractivity contribution is 5.90. The van der Waals surface area contributed by atoms with Crippen molar-refractivity contribution in [2.75, 3.05) is 0 Å². The Kier molecular flexibility index (Phi) is 4.23. The summed E-state index contributed by atoms with van der Waals surface area (Å²) in [7, 11) is 0. The molecule has 0 saturated heterocycles. The number of hydrogen-bond donors (Lipinski definition) is 0. The van der Waals surface area contributed by atoms with Gasteiger partial charge in [-0.05, 0) is 44.9 Å². The van der Waals surface area contributed by atoms with Gasteiger partial charge in [0.15, 0.2) is 6.29 Å². The summed E-state index contributed by atoms with van der Waals surface area (Å²) >= 11 is 0. The first-order valence-corrected chi connectivity index (χ1v) is 7.82. The number of carbonyl (C=O) groups excluding carboxylic acids is 2. The van der Waals surface area contributed by atoms with Crippen molar-refractivity contribution in [3.8, 4) is 5.69 Å². The number of hydrogen-bond acceptors (Lipinski definition) is 5. The molecule has 0 spiro atoms. The van der Waals surface area contributed by atoms with Gasteiger partial charge in [-0.3, -0.25) is 4.79 Å². The van der Waals surface area contributed by atoms with Crippen LogP contribution in [-0.2, 0) is 4.74 Å². The first-order valence-electron chi connectivity index (χ1n) is 7.82. The SMILES string of the molecule is CC(C)OC(=O)c1cccc(-n2nnc(C=O)c2C2CCC2)c1. The van der Waals surface area contributed by atoms with Crippen molar-refractivity contribution in [1.82, 2.24) is 15.0 Å². The lowest BCUT2D eigenvalue weighted by molar-refractivity contribution is 0.0378. The molecule has 6 heteroatoms. The number of esters is 1. The van der Waals surface area contributed by atoms with Crippen LogP contribution in [-0.4, -0.2) is 33.4 Å². The first-order chi connectivity index (χ1) is 11.1. The molecule has 1 aliphatic rings. The van der Waals surface area contributed by atoms with E-state index in [0.717, 1.165) is 31.2 Å². The van der Waals surface area contributed by atoms with Crippen molar-refractivity contribution in [3.63, 3.8) is 0 Å². The Hall–Kier alpha value is -2.50. The Morgan fingerprint density at radius 2 is 2.17 bits per heavy atom. The lowest BCUT2D eigenvalue weighted by atomic mass is 9.82. The normalized spacial score (nSPS) is 14.6. The van der Waals surface area contributed by atoms with Crippen molar-refractivity contribution >= 4 is 12.3 Å². The van der Waals surface area contributed by atoms with Gasteiger partial charge in [-0.25, -0.2) is 9.48 Å². The van der Waals surface area contributed by atoms with Crippen LogP contribution in [0.3, 0.4) is 0 Å². The summed E-state index contributed by atoms with van der Waals surface area (Å²) in [5, 5.41) is 8.07. The van der Waals surface area contributed by atoms with Crippen LogP contribution in [0.4, 0.5) is 0 Å². The fraction of sp³-hybridized carbons (Fsp3) is 0.412. The largest absolute Gasteiger partial charge is 0.459 e. The maximum Gasteiger partial charge on any atom is 0.338 e. The molecular formula is C17H19N3O3. The number of aromatic nitrogens is 3. The molecule has 2 aromatic rings. The van der Waals surface area contributed by atoms with Gasteiger partial charge >= 0.3 is 5.97 Å². The predicted octanol–water partition coefficient (Wildman–Crippen LogP) is 2.91. The molecule has 1 heterocycles. The Morgan fingerprint density at radius 3 is 2.78 bits per heavy atom. The molecule has 0 bridgehead atoms. The fourth-order valence-corrected chi connectivity index (χ4v) is 2.69. The molecule has 23 heavy (non-hydrogen) atoms. The fourth-order valence-electron chi connectivity index (χ4n) is 2.69. The highest BCUT2D eigenvalue weighted by atomic mass is 16.5. The van der Waals surface area contributed by atoms with Gasteiger partial charge < -0.3 is 4.74 Å². The predicted molar refractivity (Wildman–Crippen MR) is 83.9 cm³/mol. The molecule has 1 aromatic heterocycles. The third-order valence-electron chi connectivity index (χ3n) is 4.01. The number of nitrogens with zero attached hydrogens (tertiary/aromatic N) is 3. The Labute approximate surface area is 134 Å². The van der Waals surface area contributed by atoms with E-state index in [9.17, 15) is 9.59 Å². The lowest BCUT2D eigenvalue weighted by Crippen LogP contribution is -2.16. The summed E-state index contributed by atoms with van der Waals surface area (Å²) < 4.78 is 6.89. The summed E-state index contributed by atoms with van der Waals surface area (Å²) in [6, 6.07) is 7.04. The second-order valence-electron chi connectivity index (χ2n) is 6.02. The molecule has 0 N–H and O–H groups in total. The van der Waals surface area contributed by atoms with E-state index < -0.39 is 0 Å². The van der Waals surface area contributed by atoms with Gasteiger partial charge in [0.25, 0.3) is 0 Å². The molecule has 0 aliphatic heterocycles. The second kappa shape index (κ2) is 6.32. The van der Waals surface area contributed by atoms with E-state index in [1.165, 1.54) is 0 Å². The lowest BCUT2D eigenvalue weighted by Gasteiger charge is -2.26. The van der Waals surface area contributed by atoms with E-state index in [-0.39, 0.29) is 12.1 Å². The van der Waals surface area contributed by atoms with E-state index in [1.807, 2.05) is 19.9 Å². The summed E-state index contributed by atoms with van der Waals surface area (Å²) in [6.45, 7) is 3.62. The zero-order chi connectivity index (χ0) is 16.4. The van der Waals surface area contributed by atoms with Crippen LogP contribution in [0.1, 0.15) is 65.6 Å². The quantitative estimate of drug-likeness (QED) is 0.627.